The number of hydrogen-bond acceptors (Lipinski definition) is 1. The second-order valence-corrected chi connectivity index (χ2v) is 6.51. The molecule has 22 heavy (non-hydrogen) atoms. The van der Waals surface area contributed by atoms with Gasteiger partial charge in [-0.25, -0.2) is 0 Å². The van der Waals surface area contributed by atoms with Gasteiger partial charge in [-0.1, -0.05) is 60.7 Å². The molecule has 0 aromatic heterocycles. The fraction of sp³-hybridized carbons (Fsp3) is 0.400. The van der Waals surface area contributed by atoms with Gasteiger partial charge in [0.25, 0.3) is 0 Å². The second-order valence-electron chi connectivity index (χ2n) is 6.51. The molecule has 1 aliphatic rings. The van der Waals surface area contributed by atoms with Crippen LogP contribution in [0.1, 0.15) is 30.1 Å². The molecule has 1 fully saturated rings. The summed E-state index contributed by atoms with van der Waals surface area (Å²) < 4.78 is 0. The van der Waals surface area contributed by atoms with Gasteiger partial charge in [-0.2, -0.15) is 0 Å². The Bertz CT molecular complexity index is 546. The lowest BCUT2D eigenvalue weighted by molar-refractivity contribution is -0.910. The lowest BCUT2D eigenvalue weighted by Gasteiger charge is -2.30. The van der Waals surface area contributed by atoms with Crippen molar-refractivity contribution >= 4 is 0 Å². The van der Waals surface area contributed by atoms with E-state index in [9.17, 15) is 5.11 Å². The van der Waals surface area contributed by atoms with Crippen LogP contribution in [0.15, 0.2) is 60.7 Å². The van der Waals surface area contributed by atoms with Gasteiger partial charge in [0.1, 0.15) is 12.6 Å². The number of rotatable bonds is 5. The molecule has 2 heteroatoms. The minimum absolute atomic E-state index is 0.332. The highest BCUT2D eigenvalue weighted by Crippen LogP contribution is 2.17. The number of piperidine rings is 1. The summed E-state index contributed by atoms with van der Waals surface area (Å²) in [4.78, 5) is 1.54. The Morgan fingerprint density at radius 3 is 2.14 bits per heavy atom. The standard InChI is InChI=1S/C20H25NO/c22-20(19-9-5-2-6-10-19)16-21-13-11-18(12-14-21)15-17-7-3-1-4-8-17/h1-10,18,20,22H,11-16H2/p+1/t20-/m1/s1. The fourth-order valence-electron chi connectivity index (χ4n) is 3.51. The van der Waals surface area contributed by atoms with Crippen molar-refractivity contribution in [2.45, 2.75) is 25.4 Å². The Morgan fingerprint density at radius 2 is 1.50 bits per heavy atom. The number of benzene rings is 2. The van der Waals surface area contributed by atoms with Crippen molar-refractivity contribution in [3.63, 3.8) is 0 Å². The first kappa shape index (κ1) is 15.3. The Hall–Kier alpha value is -1.64. The van der Waals surface area contributed by atoms with Crippen molar-refractivity contribution in [1.29, 1.82) is 0 Å². The molecule has 1 aliphatic heterocycles. The average molecular weight is 296 g/mol. The number of likely N-dealkylation sites (tertiary alicyclic amines) is 1. The zero-order valence-electron chi connectivity index (χ0n) is 13.1. The van der Waals surface area contributed by atoms with Crippen molar-refractivity contribution in [3.05, 3.63) is 71.8 Å². The number of aliphatic hydroxyl groups is 1. The van der Waals surface area contributed by atoms with Gasteiger partial charge in [0.15, 0.2) is 0 Å². The van der Waals surface area contributed by atoms with E-state index < -0.39 is 0 Å². The normalized spacial score (nSPS) is 23.1. The third-order valence-corrected chi connectivity index (χ3v) is 4.85. The maximum absolute atomic E-state index is 10.4. The van der Waals surface area contributed by atoms with Gasteiger partial charge in [-0.15, -0.1) is 0 Å². The summed E-state index contributed by atoms with van der Waals surface area (Å²) in [7, 11) is 0. The Balaban J connectivity index is 1.46. The molecule has 1 saturated heterocycles. The summed E-state index contributed by atoms with van der Waals surface area (Å²) in [5.41, 5.74) is 2.50. The van der Waals surface area contributed by atoms with E-state index in [2.05, 4.69) is 30.3 Å². The number of hydrogen-bond donors (Lipinski definition) is 2. The summed E-state index contributed by atoms with van der Waals surface area (Å²) in [5.74, 6) is 0.806. The molecule has 0 amide bonds. The molecule has 2 aromatic rings. The molecular weight excluding hydrogens is 270 g/mol. The van der Waals surface area contributed by atoms with Gasteiger partial charge in [0, 0.05) is 0 Å². The van der Waals surface area contributed by atoms with Gasteiger partial charge >= 0.3 is 0 Å². The molecule has 0 bridgehead atoms. The van der Waals surface area contributed by atoms with Crippen LogP contribution in [0.2, 0.25) is 0 Å². The maximum Gasteiger partial charge on any atom is 0.128 e. The first-order chi connectivity index (χ1) is 10.8. The molecule has 1 atom stereocenters. The van der Waals surface area contributed by atoms with Crippen molar-refractivity contribution in [3.8, 4) is 0 Å². The predicted octanol–water partition coefficient (Wildman–Crippen LogP) is 2.26. The molecule has 0 radical (unpaired) electrons. The van der Waals surface area contributed by atoms with Crippen molar-refractivity contribution < 1.29 is 10.0 Å². The Labute approximate surface area is 133 Å². The van der Waals surface area contributed by atoms with E-state index in [1.807, 2.05) is 30.3 Å². The Kier molecular flexibility index (Phi) is 5.25. The van der Waals surface area contributed by atoms with Crippen molar-refractivity contribution in [2.75, 3.05) is 19.6 Å². The molecule has 1 heterocycles. The van der Waals surface area contributed by atoms with E-state index in [-0.39, 0.29) is 6.10 Å². The monoisotopic (exact) mass is 296 g/mol. The molecule has 0 aliphatic carbocycles. The van der Waals surface area contributed by atoms with Gasteiger partial charge in [0.2, 0.25) is 0 Å². The van der Waals surface area contributed by atoms with Gasteiger partial charge in [0.05, 0.1) is 13.1 Å². The molecule has 2 nitrogen and oxygen atoms in total. The molecule has 3 rings (SSSR count). The summed E-state index contributed by atoms with van der Waals surface area (Å²) in [6, 6.07) is 20.9. The predicted molar refractivity (Wildman–Crippen MR) is 89.8 cm³/mol. The highest BCUT2D eigenvalue weighted by molar-refractivity contribution is 5.17. The van der Waals surface area contributed by atoms with E-state index in [0.717, 1.165) is 18.0 Å². The summed E-state index contributed by atoms with van der Waals surface area (Å²) in [6.07, 6.45) is 3.41. The average Bonchev–Trinajstić information content (AvgIpc) is 2.58. The third-order valence-electron chi connectivity index (χ3n) is 4.85. The van der Waals surface area contributed by atoms with Crippen molar-refractivity contribution in [2.24, 2.45) is 5.92 Å². The minimum atomic E-state index is -0.332. The Morgan fingerprint density at radius 1 is 0.909 bits per heavy atom. The van der Waals surface area contributed by atoms with E-state index in [1.54, 1.807) is 4.90 Å². The van der Waals surface area contributed by atoms with E-state index in [4.69, 9.17) is 0 Å². The fourth-order valence-corrected chi connectivity index (χ4v) is 3.51. The highest BCUT2D eigenvalue weighted by Gasteiger charge is 2.24. The SMILES string of the molecule is O[C@H](C[NH+]1CCC(Cc2ccccc2)CC1)c1ccccc1. The third kappa shape index (κ3) is 4.19. The van der Waals surface area contributed by atoms with E-state index in [1.165, 1.54) is 37.9 Å². The van der Waals surface area contributed by atoms with Gasteiger partial charge in [-0.3, -0.25) is 0 Å². The van der Waals surface area contributed by atoms with Crippen LogP contribution in [-0.4, -0.2) is 24.7 Å². The summed E-state index contributed by atoms with van der Waals surface area (Å²) >= 11 is 0. The topological polar surface area (TPSA) is 24.7 Å². The lowest BCUT2D eigenvalue weighted by Crippen LogP contribution is -3.13. The number of aliphatic hydroxyl groups excluding tert-OH is 1. The van der Waals surface area contributed by atoms with Crippen LogP contribution in [0.5, 0.6) is 0 Å². The molecule has 2 aromatic carbocycles. The smallest absolute Gasteiger partial charge is 0.128 e. The van der Waals surface area contributed by atoms with Gasteiger partial charge < -0.3 is 10.0 Å². The van der Waals surface area contributed by atoms with E-state index in [0.29, 0.717) is 0 Å². The van der Waals surface area contributed by atoms with Crippen LogP contribution in [0, 0.1) is 5.92 Å². The second kappa shape index (κ2) is 7.57. The van der Waals surface area contributed by atoms with Crippen LogP contribution >= 0.6 is 0 Å². The quantitative estimate of drug-likeness (QED) is 0.869. The molecule has 0 saturated carbocycles. The lowest BCUT2D eigenvalue weighted by atomic mass is 9.90. The summed E-state index contributed by atoms with van der Waals surface area (Å²) in [5, 5.41) is 10.4. The zero-order valence-corrected chi connectivity index (χ0v) is 13.1. The first-order valence-corrected chi connectivity index (χ1v) is 8.42. The van der Waals surface area contributed by atoms with Crippen LogP contribution in [0.25, 0.3) is 0 Å². The van der Waals surface area contributed by atoms with Crippen molar-refractivity contribution in [1.82, 2.24) is 0 Å². The van der Waals surface area contributed by atoms with Gasteiger partial charge in [-0.05, 0) is 36.3 Å². The zero-order chi connectivity index (χ0) is 15.2. The first-order valence-electron chi connectivity index (χ1n) is 8.42. The van der Waals surface area contributed by atoms with Crippen LogP contribution < -0.4 is 4.90 Å². The summed E-state index contributed by atoms with van der Waals surface area (Å²) in [6.45, 7) is 3.20. The van der Waals surface area contributed by atoms with E-state index >= 15 is 0 Å². The van der Waals surface area contributed by atoms with Crippen LogP contribution in [-0.2, 0) is 6.42 Å². The van der Waals surface area contributed by atoms with Crippen LogP contribution in [0.4, 0.5) is 0 Å². The number of quaternary nitrogens is 1. The van der Waals surface area contributed by atoms with Crippen LogP contribution in [0.3, 0.4) is 0 Å². The number of nitrogens with one attached hydrogen (secondary N) is 1. The highest BCUT2D eigenvalue weighted by atomic mass is 16.3. The molecular formula is C20H26NO+. The largest absolute Gasteiger partial charge is 0.382 e. The maximum atomic E-state index is 10.4. The molecule has 2 N–H and O–H groups in total. The molecule has 0 unspecified atom stereocenters. The molecule has 116 valence electrons. The molecule has 0 spiro atoms. The minimum Gasteiger partial charge on any atom is -0.382 e.